The first-order valence-electron chi connectivity index (χ1n) is 10.8. The highest BCUT2D eigenvalue weighted by Gasteiger charge is 2.41. The molecule has 0 radical (unpaired) electrons. The fraction of sp³-hybridized carbons (Fsp3) is 0.591. The van der Waals surface area contributed by atoms with Crippen LogP contribution < -0.4 is 0 Å². The molecule has 1 aromatic carbocycles. The van der Waals surface area contributed by atoms with Crippen molar-refractivity contribution in [2.45, 2.75) is 57.1 Å². The Morgan fingerprint density at radius 2 is 1.90 bits per heavy atom. The van der Waals surface area contributed by atoms with Crippen molar-refractivity contribution in [3.8, 4) is 0 Å². The third-order valence-electron chi connectivity index (χ3n) is 6.62. The van der Waals surface area contributed by atoms with Crippen LogP contribution in [0.25, 0.3) is 11.0 Å². The Labute approximate surface area is 182 Å². The zero-order chi connectivity index (χ0) is 22.3. The van der Waals surface area contributed by atoms with Crippen molar-refractivity contribution in [2.75, 3.05) is 14.1 Å². The molecule has 168 valence electrons. The first kappa shape index (κ1) is 22.0. The molecule has 31 heavy (non-hydrogen) atoms. The topological polar surface area (TPSA) is 98.6 Å². The summed E-state index contributed by atoms with van der Waals surface area (Å²) in [6.45, 7) is 2.60. The van der Waals surface area contributed by atoms with Crippen molar-refractivity contribution < 1.29 is 22.7 Å². The average Bonchev–Trinajstić information content (AvgIpc) is 3.08. The number of hydrogen-bond acceptors (Lipinski definition) is 6. The van der Waals surface area contributed by atoms with Gasteiger partial charge in [-0.15, -0.1) is 0 Å². The minimum absolute atomic E-state index is 0.00216. The maximum absolute atomic E-state index is 12.7. The molecule has 0 saturated heterocycles. The number of Topliss-reactive ketones (excluding diaryl/α,β-unsaturated/α-hetero) is 1. The summed E-state index contributed by atoms with van der Waals surface area (Å²) in [6, 6.07) is 4.86. The van der Waals surface area contributed by atoms with Crippen LogP contribution >= 0.6 is 0 Å². The van der Waals surface area contributed by atoms with Crippen LogP contribution in [0, 0.1) is 17.8 Å². The number of ether oxygens (including phenoxy) is 1. The number of aryl methyl sites for hydroxylation is 1. The molecule has 0 amide bonds. The number of nitrogens with zero attached hydrogens (tertiary/aromatic N) is 3. The van der Waals surface area contributed by atoms with E-state index in [0.29, 0.717) is 36.5 Å². The Morgan fingerprint density at radius 1 is 1.23 bits per heavy atom. The number of carbonyl (C=O) groups is 2. The summed E-state index contributed by atoms with van der Waals surface area (Å²) < 4.78 is 33.6. The predicted molar refractivity (Wildman–Crippen MR) is 115 cm³/mol. The molecule has 2 aliphatic rings. The molecule has 1 heterocycles. The smallest absolute Gasteiger partial charge is 0.309 e. The van der Waals surface area contributed by atoms with E-state index in [1.165, 1.54) is 14.1 Å². The zero-order valence-corrected chi connectivity index (χ0v) is 19.0. The molecule has 9 heteroatoms. The molecule has 4 rings (SSSR count). The van der Waals surface area contributed by atoms with Crippen molar-refractivity contribution >= 4 is 32.8 Å². The van der Waals surface area contributed by atoms with Gasteiger partial charge in [-0.05, 0) is 50.8 Å². The number of imidazole rings is 1. The Bertz CT molecular complexity index is 1110. The highest BCUT2D eigenvalue weighted by Crippen LogP contribution is 2.40. The summed E-state index contributed by atoms with van der Waals surface area (Å²) in [6.07, 6.45) is 4.00. The standard InChI is InChI=1S/C22H29N3O5S/c1-4-25-19-9-8-17(31(28,29)24(2)3)12-18(19)23-20(25)13-30-22(27)16-10-14-6-5-7-15(11-16)21(14)26/h8-9,12,14-16H,4-7,10-11,13H2,1-3H3/t14-,15+,16?. The van der Waals surface area contributed by atoms with E-state index in [9.17, 15) is 18.0 Å². The fourth-order valence-corrected chi connectivity index (χ4v) is 5.84. The molecule has 3 atom stereocenters. The number of rotatable bonds is 6. The zero-order valence-electron chi connectivity index (χ0n) is 18.2. The number of esters is 1. The van der Waals surface area contributed by atoms with Gasteiger partial charge < -0.3 is 9.30 Å². The number of hydrogen-bond donors (Lipinski definition) is 0. The second kappa shape index (κ2) is 8.35. The third-order valence-corrected chi connectivity index (χ3v) is 8.43. The Morgan fingerprint density at radius 3 is 2.52 bits per heavy atom. The van der Waals surface area contributed by atoms with E-state index < -0.39 is 10.0 Å². The second-order valence-corrected chi connectivity index (χ2v) is 10.9. The van der Waals surface area contributed by atoms with Crippen molar-refractivity contribution in [2.24, 2.45) is 17.8 Å². The van der Waals surface area contributed by atoms with Crippen LogP contribution in [0.4, 0.5) is 0 Å². The van der Waals surface area contributed by atoms with Gasteiger partial charge in [-0.25, -0.2) is 17.7 Å². The van der Waals surface area contributed by atoms with Gasteiger partial charge in [0.1, 0.15) is 18.2 Å². The minimum atomic E-state index is -3.56. The first-order chi connectivity index (χ1) is 14.7. The summed E-state index contributed by atoms with van der Waals surface area (Å²) in [5, 5.41) is 0. The van der Waals surface area contributed by atoms with Crippen molar-refractivity contribution in [3.63, 3.8) is 0 Å². The van der Waals surface area contributed by atoms with Crippen LogP contribution in [0.15, 0.2) is 23.1 Å². The first-order valence-corrected chi connectivity index (χ1v) is 12.3. The van der Waals surface area contributed by atoms with E-state index in [4.69, 9.17) is 4.74 Å². The van der Waals surface area contributed by atoms with E-state index >= 15 is 0 Å². The number of fused-ring (bicyclic) bond motifs is 3. The lowest BCUT2D eigenvalue weighted by molar-refractivity contribution is -0.155. The summed E-state index contributed by atoms with van der Waals surface area (Å²) in [7, 11) is -0.584. The number of ketones is 1. The van der Waals surface area contributed by atoms with E-state index in [-0.39, 0.29) is 35.2 Å². The van der Waals surface area contributed by atoms with Gasteiger partial charge in [0.2, 0.25) is 10.0 Å². The summed E-state index contributed by atoms with van der Waals surface area (Å²) >= 11 is 0. The van der Waals surface area contributed by atoms with Crippen LogP contribution in [0.2, 0.25) is 0 Å². The van der Waals surface area contributed by atoms with Gasteiger partial charge in [-0.3, -0.25) is 9.59 Å². The van der Waals surface area contributed by atoms with E-state index in [0.717, 1.165) is 29.1 Å². The largest absolute Gasteiger partial charge is 0.457 e. The fourth-order valence-electron chi connectivity index (χ4n) is 4.92. The molecule has 2 bridgehead atoms. The molecule has 1 unspecified atom stereocenters. The van der Waals surface area contributed by atoms with Crippen molar-refractivity contribution in [1.29, 1.82) is 0 Å². The normalized spacial score (nSPS) is 24.0. The van der Waals surface area contributed by atoms with Crippen LogP contribution in [0.3, 0.4) is 0 Å². The molecule has 0 spiro atoms. The Kier molecular flexibility index (Phi) is 5.91. The maximum Gasteiger partial charge on any atom is 0.309 e. The Balaban J connectivity index is 1.51. The van der Waals surface area contributed by atoms with Gasteiger partial charge in [0, 0.05) is 32.5 Å². The van der Waals surface area contributed by atoms with E-state index in [2.05, 4.69) is 4.98 Å². The highest BCUT2D eigenvalue weighted by atomic mass is 32.2. The number of sulfonamides is 1. The van der Waals surface area contributed by atoms with Gasteiger partial charge in [-0.2, -0.15) is 0 Å². The highest BCUT2D eigenvalue weighted by molar-refractivity contribution is 7.89. The number of benzene rings is 1. The molecule has 0 N–H and O–H groups in total. The molecule has 8 nitrogen and oxygen atoms in total. The minimum Gasteiger partial charge on any atom is -0.457 e. The lowest BCUT2D eigenvalue weighted by Gasteiger charge is -2.36. The van der Waals surface area contributed by atoms with Gasteiger partial charge in [-0.1, -0.05) is 6.42 Å². The molecule has 2 saturated carbocycles. The SMILES string of the molecule is CCn1c(COC(=O)C2C[C@H]3CCC[C@@H](C2)C3=O)nc2cc(S(=O)(=O)N(C)C)ccc21. The summed E-state index contributed by atoms with van der Waals surface area (Å²) in [5.41, 5.74) is 1.35. The van der Waals surface area contributed by atoms with Gasteiger partial charge in [0.05, 0.1) is 21.8 Å². The van der Waals surface area contributed by atoms with Crippen molar-refractivity contribution in [3.05, 3.63) is 24.0 Å². The molecule has 2 aliphatic carbocycles. The van der Waals surface area contributed by atoms with Crippen LogP contribution in [-0.4, -0.2) is 48.1 Å². The molecular formula is C22H29N3O5S. The lowest BCUT2D eigenvalue weighted by atomic mass is 9.67. The molecule has 1 aromatic heterocycles. The van der Waals surface area contributed by atoms with E-state index in [1.807, 2.05) is 11.5 Å². The quantitative estimate of drug-likeness (QED) is 0.632. The van der Waals surface area contributed by atoms with Crippen LogP contribution in [0.1, 0.15) is 44.9 Å². The maximum atomic E-state index is 12.7. The van der Waals surface area contributed by atoms with Crippen LogP contribution in [-0.2, 0) is 37.5 Å². The lowest BCUT2D eigenvalue weighted by Crippen LogP contribution is -2.39. The van der Waals surface area contributed by atoms with E-state index in [1.54, 1.807) is 18.2 Å². The average molecular weight is 448 g/mol. The molecule has 0 aliphatic heterocycles. The molecular weight excluding hydrogens is 418 g/mol. The molecule has 2 aromatic rings. The van der Waals surface area contributed by atoms with Crippen molar-refractivity contribution in [1.82, 2.24) is 13.9 Å². The second-order valence-electron chi connectivity index (χ2n) is 8.71. The number of aromatic nitrogens is 2. The van der Waals surface area contributed by atoms with Gasteiger partial charge in [0.25, 0.3) is 0 Å². The van der Waals surface area contributed by atoms with Crippen LogP contribution in [0.5, 0.6) is 0 Å². The Hall–Kier alpha value is -2.26. The number of carbonyl (C=O) groups excluding carboxylic acids is 2. The summed E-state index contributed by atoms with van der Waals surface area (Å²) in [4.78, 5) is 29.7. The van der Waals surface area contributed by atoms with Gasteiger partial charge in [0.15, 0.2) is 0 Å². The summed E-state index contributed by atoms with van der Waals surface area (Å²) in [5.74, 6) is 0.410. The third kappa shape index (κ3) is 4.01. The monoisotopic (exact) mass is 447 g/mol. The predicted octanol–water partition coefficient (Wildman–Crippen LogP) is 2.75. The van der Waals surface area contributed by atoms with Gasteiger partial charge >= 0.3 is 5.97 Å². The molecule has 2 fully saturated rings.